The van der Waals surface area contributed by atoms with E-state index in [4.69, 9.17) is 4.74 Å². The summed E-state index contributed by atoms with van der Waals surface area (Å²) in [5.41, 5.74) is -2.36. The van der Waals surface area contributed by atoms with Gasteiger partial charge in [0.2, 0.25) is 5.43 Å². The molecule has 3 aliphatic rings. The Kier molecular flexibility index (Phi) is 4.73. The molecule has 2 amide bonds. The number of fused-ring (bicyclic) bond motifs is 3. The molecule has 1 saturated heterocycles. The van der Waals surface area contributed by atoms with E-state index in [-0.39, 0.29) is 11.7 Å². The van der Waals surface area contributed by atoms with Gasteiger partial charge >= 0.3 is 0 Å². The second kappa shape index (κ2) is 7.37. The number of carbonyl (C=O) groups excluding carboxylic acids is 2. The van der Waals surface area contributed by atoms with E-state index in [0.29, 0.717) is 25.2 Å². The van der Waals surface area contributed by atoms with Gasteiger partial charge in [-0.2, -0.15) is 0 Å². The average molecular weight is 449 g/mol. The number of ether oxygens (including phenoxy) is 1. The topological polar surface area (TPSA) is 101 Å². The Balaban J connectivity index is 1.48. The predicted octanol–water partition coefficient (Wildman–Crippen LogP) is 1.81. The minimum absolute atomic E-state index is 0.0140. The summed E-state index contributed by atoms with van der Waals surface area (Å²) in [6.45, 7) is -0.287. The fourth-order valence-electron chi connectivity index (χ4n) is 4.33. The fourth-order valence-corrected chi connectivity index (χ4v) is 4.33. The molecule has 8 nitrogen and oxygen atoms in total. The van der Waals surface area contributed by atoms with Gasteiger partial charge in [-0.15, -0.1) is 0 Å². The highest BCUT2D eigenvalue weighted by atomic mass is 19.1. The van der Waals surface area contributed by atoms with Gasteiger partial charge < -0.3 is 24.6 Å². The lowest BCUT2D eigenvalue weighted by molar-refractivity contribution is -0.0387. The van der Waals surface area contributed by atoms with Crippen LogP contribution in [0.3, 0.4) is 0 Å². The summed E-state index contributed by atoms with van der Waals surface area (Å²) in [7, 11) is 0. The lowest BCUT2D eigenvalue weighted by atomic mass is 10.0. The molecular weight excluding hydrogens is 431 g/mol. The van der Waals surface area contributed by atoms with Crippen LogP contribution in [0.25, 0.3) is 0 Å². The second-order valence-corrected chi connectivity index (χ2v) is 8.07. The van der Waals surface area contributed by atoms with E-state index in [0.717, 1.165) is 12.8 Å². The Bertz CT molecular complexity index is 1190. The first-order valence-corrected chi connectivity index (χ1v) is 10.1. The summed E-state index contributed by atoms with van der Waals surface area (Å²) in [6.07, 6.45) is 2.71. The fraction of sp³-hybridized carbons (Fsp3) is 0.381. The van der Waals surface area contributed by atoms with Gasteiger partial charge in [-0.3, -0.25) is 14.4 Å². The van der Waals surface area contributed by atoms with E-state index in [9.17, 15) is 32.7 Å². The van der Waals surface area contributed by atoms with E-state index in [2.05, 4.69) is 5.32 Å². The van der Waals surface area contributed by atoms with Crippen LogP contribution in [0.4, 0.5) is 13.2 Å². The summed E-state index contributed by atoms with van der Waals surface area (Å²) in [6, 6.07) is 0.539. The molecule has 3 heterocycles. The SMILES string of the molecule is O=C(NCc1c(F)cc(F)cc1F)c1cn2c(c(O)c1=O)C(=O)N(C1CC1)C1OCC[C@H]12. The van der Waals surface area contributed by atoms with Gasteiger partial charge in [-0.1, -0.05) is 0 Å². The van der Waals surface area contributed by atoms with Crippen LogP contribution < -0.4 is 10.7 Å². The molecule has 0 radical (unpaired) electrons. The van der Waals surface area contributed by atoms with Crippen LogP contribution in [0.5, 0.6) is 5.75 Å². The molecule has 1 unspecified atom stereocenters. The third kappa shape index (κ3) is 3.15. The Morgan fingerprint density at radius 1 is 1.16 bits per heavy atom. The standard InChI is InChI=1S/C21H18F3N3O5/c22-9-5-13(23)11(14(24)6-9)7-25-19(30)12-8-26-15-3-4-32-21(15)27(10-1-2-10)20(31)16(26)18(29)17(12)28/h5-6,8,10,15,21,29H,1-4,7H2,(H,25,30)/t15-,21?/m1/s1. The number of halogens is 3. The second-order valence-electron chi connectivity index (χ2n) is 8.07. The molecule has 2 aromatic rings. The molecule has 1 aromatic carbocycles. The molecule has 1 aromatic heterocycles. The van der Waals surface area contributed by atoms with Crippen LogP contribution in [-0.4, -0.2) is 45.3 Å². The molecular formula is C21H18F3N3O5. The van der Waals surface area contributed by atoms with Gasteiger partial charge in [0.25, 0.3) is 11.8 Å². The zero-order chi connectivity index (χ0) is 22.7. The molecule has 168 valence electrons. The summed E-state index contributed by atoms with van der Waals surface area (Å²) in [4.78, 5) is 39.9. The number of pyridine rings is 1. The van der Waals surface area contributed by atoms with Crippen molar-refractivity contribution in [1.29, 1.82) is 0 Å². The summed E-state index contributed by atoms with van der Waals surface area (Å²) in [5.74, 6) is -5.90. The van der Waals surface area contributed by atoms with Crippen molar-refractivity contribution in [1.82, 2.24) is 14.8 Å². The molecule has 2 atom stereocenters. The Morgan fingerprint density at radius 3 is 2.50 bits per heavy atom. The Hall–Kier alpha value is -3.34. The van der Waals surface area contributed by atoms with Crippen molar-refractivity contribution in [3.63, 3.8) is 0 Å². The number of nitrogens with one attached hydrogen (secondary N) is 1. The minimum atomic E-state index is -1.19. The Morgan fingerprint density at radius 2 is 1.84 bits per heavy atom. The van der Waals surface area contributed by atoms with Crippen molar-refractivity contribution >= 4 is 11.8 Å². The number of carbonyl (C=O) groups is 2. The average Bonchev–Trinajstić information content (AvgIpc) is 3.44. The largest absolute Gasteiger partial charge is 0.503 e. The van der Waals surface area contributed by atoms with Crippen LogP contribution in [-0.2, 0) is 11.3 Å². The number of benzene rings is 1. The van der Waals surface area contributed by atoms with Gasteiger partial charge in [0.15, 0.2) is 17.7 Å². The normalized spacial score (nSPS) is 22.0. The minimum Gasteiger partial charge on any atom is -0.503 e. The molecule has 11 heteroatoms. The first kappa shape index (κ1) is 20.6. The maximum Gasteiger partial charge on any atom is 0.276 e. The van der Waals surface area contributed by atoms with Crippen molar-refractivity contribution in [3.8, 4) is 5.75 Å². The molecule has 2 aliphatic heterocycles. The van der Waals surface area contributed by atoms with Gasteiger partial charge in [0.05, 0.1) is 12.6 Å². The summed E-state index contributed by atoms with van der Waals surface area (Å²) < 4.78 is 47.8. The van der Waals surface area contributed by atoms with Crippen LogP contribution in [0.15, 0.2) is 23.1 Å². The molecule has 1 saturated carbocycles. The zero-order valence-electron chi connectivity index (χ0n) is 16.6. The Labute approximate surface area is 179 Å². The number of aromatic hydroxyl groups is 1. The molecule has 32 heavy (non-hydrogen) atoms. The smallest absolute Gasteiger partial charge is 0.276 e. The van der Waals surface area contributed by atoms with E-state index >= 15 is 0 Å². The number of hydrogen-bond acceptors (Lipinski definition) is 5. The highest BCUT2D eigenvalue weighted by molar-refractivity contribution is 5.99. The lowest BCUT2D eigenvalue weighted by Crippen LogP contribution is -2.51. The molecule has 2 fully saturated rings. The van der Waals surface area contributed by atoms with Crippen LogP contribution >= 0.6 is 0 Å². The quantitative estimate of drug-likeness (QED) is 0.742. The number of nitrogens with zero attached hydrogens (tertiary/aromatic N) is 2. The van der Waals surface area contributed by atoms with Crippen LogP contribution in [0.1, 0.15) is 51.7 Å². The third-order valence-corrected chi connectivity index (χ3v) is 6.03. The van der Waals surface area contributed by atoms with Crippen molar-refractivity contribution < 1.29 is 32.6 Å². The van der Waals surface area contributed by atoms with E-state index in [1.54, 1.807) is 4.90 Å². The maximum absolute atomic E-state index is 13.8. The van der Waals surface area contributed by atoms with Gasteiger partial charge in [0, 0.05) is 36.5 Å². The predicted molar refractivity (Wildman–Crippen MR) is 102 cm³/mol. The first-order chi connectivity index (χ1) is 15.3. The summed E-state index contributed by atoms with van der Waals surface area (Å²) in [5, 5.41) is 12.7. The van der Waals surface area contributed by atoms with Gasteiger partial charge in [0.1, 0.15) is 23.0 Å². The maximum atomic E-state index is 13.8. The van der Waals surface area contributed by atoms with E-state index < -0.39 is 70.4 Å². The number of aromatic nitrogens is 1. The number of amides is 2. The van der Waals surface area contributed by atoms with E-state index in [1.807, 2.05) is 0 Å². The molecule has 5 rings (SSSR count). The van der Waals surface area contributed by atoms with E-state index in [1.165, 1.54) is 10.8 Å². The summed E-state index contributed by atoms with van der Waals surface area (Å²) >= 11 is 0. The van der Waals surface area contributed by atoms with Crippen molar-refractivity contribution in [2.75, 3.05) is 6.61 Å². The number of hydrogen-bond donors (Lipinski definition) is 2. The number of rotatable bonds is 4. The first-order valence-electron chi connectivity index (χ1n) is 10.1. The van der Waals surface area contributed by atoms with Gasteiger partial charge in [-0.05, 0) is 19.3 Å². The molecule has 2 N–H and O–H groups in total. The highest BCUT2D eigenvalue weighted by Gasteiger charge is 2.50. The molecule has 0 spiro atoms. The highest BCUT2D eigenvalue weighted by Crippen LogP contribution is 2.42. The van der Waals surface area contributed by atoms with Crippen molar-refractivity contribution in [3.05, 3.63) is 62.8 Å². The van der Waals surface area contributed by atoms with Crippen LogP contribution in [0, 0.1) is 17.5 Å². The molecule has 0 bridgehead atoms. The zero-order valence-corrected chi connectivity index (χ0v) is 16.6. The molecule has 1 aliphatic carbocycles. The lowest BCUT2D eigenvalue weighted by Gasteiger charge is -2.39. The van der Waals surface area contributed by atoms with Crippen molar-refractivity contribution in [2.24, 2.45) is 0 Å². The van der Waals surface area contributed by atoms with Crippen LogP contribution in [0.2, 0.25) is 0 Å². The monoisotopic (exact) mass is 449 g/mol. The van der Waals surface area contributed by atoms with Gasteiger partial charge in [-0.25, -0.2) is 13.2 Å². The van der Waals surface area contributed by atoms with Crippen molar-refractivity contribution in [2.45, 2.75) is 44.1 Å². The third-order valence-electron chi connectivity index (χ3n) is 6.03.